The second-order valence-electron chi connectivity index (χ2n) is 2.82. The Morgan fingerprint density at radius 3 is 2.31 bits per heavy atom. The standard InChI is InChI=1S/C8H5F5INO/c9-6(10)5-1-4(8(11,12)13)3(2-16)7(14)15-5/h1,6,16H,2H2. The molecule has 0 aliphatic carbocycles. The van der Waals surface area contributed by atoms with Crippen LogP contribution in [0.3, 0.4) is 0 Å². The minimum absolute atomic E-state index is 0.262. The molecular weight excluding hydrogens is 348 g/mol. The molecule has 1 rings (SSSR count). The van der Waals surface area contributed by atoms with E-state index in [1.54, 1.807) is 0 Å². The van der Waals surface area contributed by atoms with Crippen LogP contribution in [0.4, 0.5) is 22.0 Å². The number of pyridine rings is 1. The summed E-state index contributed by atoms with van der Waals surface area (Å²) in [5.41, 5.74) is -2.71. The third kappa shape index (κ3) is 2.78. The summed E-state index contributed by atoms with van der Waals surface area (Å²) in [4.78, 5) is 3.29. The highest BCUT2D eigenvalue weighted by molar-refractivity contribution is 14.1. The van der Waals surface area contributed by atoms with Crippen molar-refractivity contribution < 1.29 is 27.1 Å². The molecule has 0 radical (unpaired) electrons. The van der Waals surface area contributed by atoms with Crippen LogP contribution >= 0.6 is 22.6 Å². The van der Waals surface area contributed by atoms with Crippen molar-refractivity contribution in [3.63, 3.8) is 0 Å². The van der Waals surface area contributed by atoms with Crippen molar-refractivity contribution in [2.24, 2.45) is 0 Å². The molecule has 0 amide bonds. The smallest absolute Gasteiger partial charge is 0.392 e. The largest absolute Gasteiger partial charge is 0.416 e. The molecule has 0 atom stereocenters. The molecular formula is C8H5F5INO. The molecule has 1 N–H and O–H groups in total. The van der Waals surface area contributed by atoms with Crippen LogP contribution in [0.1, 0.15) is 23.2 Å². The van der Waals surface area contributed by atoms with E-state index in [-0.39, 0.29) is 9.77 Å². The summed E-state index contributed by atoms with van der Waals surface area (Å²) in [7, 11) is 0. The van der Waals surface area contributed by atoms with Gasteiger partial charge in [-0.15, -0.1) is 0 Å². The fraction of sp³-hybridized carbons (Fsp3) is 0.375. The van der Waals surface area contributed by atoms with Crippen LogP contribution in [0.25, 0.3) is 0 Å². The van der Waals surface area contributed by atoms with Gasteiger partial charge in [0.25, 0.3) is 6.43 Å². The lowest BCUT2D eigenvalue weighted by Gasteiger charge is -2.14. The zero-order valence-corrected chi connectivity index (χ0v) is 9.68. The maximum absolute atomic E-state index is 12.5. The summed E-state index contributed by atoms with van der Waals surface area (Å²) in [5, 5.41) is 8.76. The third-order valence-corrected chi connectivity index (χ3v) is 2.67. The molecule has 90 valence electrons. The van der Waals surface area contributed by atoms with E-state index in [0.29, 0.717) is 0 Å². The normalized spacial score (nSPS) is 12.2. The minimum atomic E-state index is -4.79. The van der Waals surface area contributed by atoms with Gasteiger partial charge in [-0.3, -0.25) is 0 Å². The number of alkyl halides is 5. The number of nitrogens with zero attached hydrogens (tertiary/aromatic N) is 1. The SMILES string of the molecule is OCc1c(C(F)(F)F)cc(C(F)F)nc1I. The van der Waals surface area contributed by atoms with Gasteiger partial charge >= 0.3 is 6.18 Å². The van der Waals surface area contributed by atoms with E-state index >= 15 is 0 Å². The Hall–Kier alpha value is -0.510. The van der Waals surface area contributed by atoms with Gasteiger partial charge in [0.15, 0.2) is 0 Å². The molecule has 8 heteroatoms. The summed E-state index contributed by atoms with van der Waals surface area (Å²) < 4.78 is 61.7. The number of aliphatic hydroxyl groups excluding tert-OH is 1. The molecule has 1 heterocycles. The number of aromatic nitrogens is 1. The summed E-state index contributed by atoms with van der Waals surface area (Å²) >= 11 is 1.38. The van der Waals surface area contributed by atoms with Gasteiger partial charge in [0.05, 0.1) is 12.2 Å². The highest BCUT2D eigenvalue weighted by Crippen LogP contribution is 2.35. The van der Waals surface area contributed by atoms with E-state index in [2.05, 4.69) is 4.98 Å². The number of halogens is 6. The van der Waals surface area contributed by atoms with Crippen molar-refractivity contribution >= 4 is 22.6 Å². The molecule has 0 aliphatic heterocycles. The van der Waals surface area contributed by atoms with Gasteiger partial charge < -0.3 is 5.11 Å². The molecule has 16 heavy (non-hydrogen) atoms. The molecule has 0 saturated carbocycles. The monoisotopic (exact) mass is 353 g/mol. The van der Waals surface area contributed by atoms with Crippen molar-refractivity contribution in [1.29, 1.82) is 0 Å². The fourth-order valence-corrected chi connectivity index (χ4v) is 1.81. The van der Waals surface area contributed by atoms with E-state index in [1.165, 1.54) is 22.6 Å². The van der Waals surface area contributed by atoms with E-state index in [0.717, 1.165) is 0 Å². The first-order valence-electron chi connectivity index (χ1n) is 3.93. The molecule has 2 nitrogen and oxygen atoms in total. The van der Waals surface area contributed by atoms with Crippen LogP contribution < -0.4 is 0 Å². The highest BCUT2D eigenvalue weighted by Gasteiger charge is 2.35. The third-order valence-electron chi connectivity index (χ3n) is 1.78. The van der Waals surface area contributed by atoms with Gasteiger partial charge in [-0.2, -0.15) is 13.2 Å². The van der Waals surface area contributed by atoms with E-state index in [4.69, 9.17) is 5.11 Å². The average molecular weight is 353 g/mol. The quantitative estimate of drug-likeness (QED) is 0.504. The molecule has 1 aromatic rings. The fourth-order valence-electron chi connectivity index (χ4n) is 1.07. The summed E-state index contributed by atoms with van der Waals surface area (Å²) in [6, 6.07) is 0.262. The van der Waals surface area contributed by atoms with Gasteiger partial charge in [-0.25, -0.2) is 13.8 Å². The minimum Gasteiger partial charge on any atom is -0.392 e. The summed E-state index contributed by atoms with van der Waals surface area (Å²) in [5.74, 6) is 0. The van der Waals surface area contributed by atoms with Crippen LogP contribution in [-0.4, -0.2) is 10.1 Å². The topological polar surface area (TPSA) is 33.1 Å². The van der Waals surface area contributed by atoms with Crippen molar-refractivity contribution in [3.05, 3.63) is 26.6 Å². The van der Waals surface area contributed by atoms with Crippen molar-refractivity contribution in [3.8, 4) is 0 Å². The molecule has 0 aromatic carbocycles. The van der Waals surface area contributed by atoms with Gasteiger partial charge in [0.1, 0.15) is 9.39 Å². The van der Waals surface area contributed by atoms with Crippen molar-refractivity contribution in [1.82, 2.24) is 4.98 Å². The Labute approximate surface area is 101 Å². The lowest BCUT2D eigenvalue weighted by molar-refractivity contribution is -0.139. The number of rotatable bonds is 2. The van der Waals surface area contributed by atoms with Gasteiger partial charge in [-0.1, -0.05) is 0 Å². The average Bonchev–Trinajstić information content (AvgIpc) is 2.14. The maximum Gasteiger partial charge on any atom is 0.416 e. The summed E-state index contributed by atoms with van der Waals surface area (Å²) in [6.45, 7) is -0.899. The Morgan fingerprint density at radius 2 is 1.94 bits per heavy atom. The molecule has 0 spiro atoms. The first kappa shape index (κ1) is 13.6. The Kier molecular flexibility index (Phi) is 4.05. The second kappa shape index (κ2) is 4.78. The molecule has 0 saturated heterocycles. The zero-order chi connectivity index (χ0) is 12.5. The Bertz CT molecular complexity index is 393. The molecule has 0 aliphatic rings. The van der Waals surface area contributed by atoms with Gasteiger partial charge in [-0.05, 0) is 28.7 Å². The lowest BCUT2D eigenvalue weighted by Crippen LogP contribution is -2.13. The van der Waals surface area contributed by atoms with E-state index in [9.17, 15) is 22.0 Å². The van der Waals surface area contributed by atoms with Crippen LogP contribution in [0.15, 0.2) is 6.07 Å². The number of aliphatic hydroxyl groups is 1. The summed E-state index contributed by atoms with van der Waals surface area (Å²) in [6.07, 6.45) is -7.87. The molecule has 1 aromatic heterocycles. The second-order valence-corrected chi connectivity index (χ2v) is 3.84. The van der Waals surface area contributed by atoms with Crippen LogP contribution in [0.5, 0.6) is 0 Å². The molecule has 0 unspecified atom stereocenters. The van der Waals surface area contributed by atoms with Gasteiger partial charge in [0.2, 0.25) is 0 Å². The van der Waals surface area contributed by atoms with E-state index in [1.807, 2.05) is 0 Å². The van der Waals surface area contributed by atoms with Crippen LogP contribution in [-0.2, 0) is 12.8 Å². The number of hydrogen-bond donors (Lipinski definition) is 1. The lowest BCUT2D eigenvalue weighted by atomic mass is 10.1. The van der Waals surface area contributed by atoms with Crippen molar-refractivity contribution in [2.45, 2.75) is 19.2 Å². The predicted molar refractivity (Wildman–Crippen MR) is 52.8 cm³/mol. The predicted octanol–water partition coefficient (Wildman–Crippen LogP) is 3.13. The first-order valence-corrected chi connectivity index (χ1v) is 5.00. The zero-order valence-electron chi connectivity index (χ0n) is 7.52. The first-order chi connectivity index (χ1) is 7.27. The maximum atomic E-state index is 12.5. The van der Waals surface area contributed by atoms with Gasteiger partial charge in [0, 0.05) is 5.56 Å². The Balaban J connectivity index is 3.43. The van der Waals surface area contributed by atoms with Crippen molar-refractivity contribution in [2.75, 3.05) is 0 Å². The van der Waals surface area contributed by atoms with E-state index < -0.39 is 36.0 Å². The number of hydrogen-bond acceptors (Lipinski definition) is 2. The molecule has 0 fully saturated rings. The Morgan fingerprint density at radius 1 is 1.38 bits per heavy atom. The van der Waals surface area contributed by atoms with Crippen LogP contribution in [0.2, 0.25) is 0 Å². The van der Waals surface area contributed by atoms with Crippen LogP contribution in [0, 0.1) is 3.70 Å². The molecule has 0 bridgehead atoms. The highest BCUT2D eigenvalue weighted by atomic mass is 127.